The molecular weight excluding hydrogens is 292 g/mol. The summed E-state index contributed by atoms with van der Waals surface area (Å²) in [5, 5.41) is 15.4. The number of hydrogen-bond donors (Lipinski definition) is 1. The minimum Gasteiger partial charge on any atom is -0.300 e. The van der Waals surface area contributed by atoms with E-state index >= 15 is 0 Å². The third-order valence-corrected chi connectivity index (χ3v) is 3.76. The first-order valence-corrected chi connectivity index (χ1v) is 7.40. The van der Waals surface area contributed by atoms with Crippen molar-refractivity contribution < 1.29 is 0 Å². The quantitative estimate of drug-likeness (QED) is 0.883. The molecule has 1 aliphatic heterocycles. The highest BCUT2D eigenvalue weighted by atomic mass is 32.1. The van der Waals surface area contributed by atoms with Gasteiger partial charge in [-0.25, -0.2) is 0 Å². The third kappa shape index (κ3) is 2.69. The lowest BCUT2D eigenvalue weighted by Gasteiger charge is -2.25. The lowest BCUT2D eigenvalue weighted by atomic mass is 10.1. The van der Waals surface area contributed by atoms with E-state index in [1.807, 2.05) is 41.3 Å². The fraction of sp³-hybridized carbons (Fsp3) is 0.118. The van der Waals surface area contributed by atoms with Crippen molar-refractivity contribution in [2.75, 3.05) is 4.90 Å². The molecule has 0 saturated heterocycles. The number of rotatable bonds is 4. The van der Waals surface area contributed by atoms with Gasteiger partial charge in [0.1, 0.15) is 18.1 Å². The monoisotopic (exact) mass is 306 g/mol. The number of hydrogen-bond acceptors (Lipinski definition) is 5. The van der Waals surface area contributed by atoms with Gasteiger partial charge in [-0.1, -0.05) is 54.7 Å². The van der Waals surface area contributed by atoms with Crippen LogP contribution in [-0.2, 0) is 6.42 Å². The average molecular weight is 306 g/mol. The second kappa shape index (κ2) is 6.37. The first-order chi connectivity index (χ1) is 10.8. The molecule has 22 heavy (non-hydrogen) atoms. The second-order valence-electron chi connectivity index (χ2n) is 4.90. The van der Waals surface area contributed by atoms with E-state index in [1.165, 1.54) is 0 Å². The van der Waals surface area contributed by atoms with E-state index in [1.54, 1.807) is 11.4 Å². The van der Waals surface area contributed by atoms with Crippen LogP contribution in [0.25, 0.3) is 0 Å². The van der Waals surface area contributed by atoms with Gasteiger partial charge < -0.3 is 4.90 Å². The smallest absolute Gasteiger partial charge is 0.150 e. The summed E-state index contributed by atoms with van der Waals surface area (Å²) in [7, 11) is 0. The molecule has 4 nitrogen and oxygen atoms in total. The second-order valence-corrected chi connectivity index (χ2v) is 5.17. The van der Waals surface area contributed by atoms with Crippen molar-refractivity contribution in [1.29, 1.82) is 5.26 Å². The molecular formula is C17H14N4S. The van der Waals surface area contributed by atoms with Crippen molar-refractivity contribution in [3.8, 4) is 6.07 Å². The molecule has 2 aromatic carbocycles. The zero-order valence-electron chi connectivity index (χ0n) is 11.8. The first kappa shape index (κ1) is 14.2. The molecule has 0 radical (unpaired) electrons. The van der Waals surface area contributed by atoms with Crippen molar-refractivity contribution in [2.24, 2.45) is 5.10 Å². The van der Waals surface area contributed by atoms with Gasteiger partial charge in [0.2, 0.25) is 0 Å². The van der Waals surface area contributed by atoms with Crippen molar-refractivity contribution >= 4 is 29.1 Å². The number of nitrogens with zero attached hydrogens (tertiary/aromatic N) is 3. The summed E-state index contributed by atoms with van der Waals surface area (Å²) in [6.07, 6.45) is 0.455. The number of anilines is 1. The van der Waals surface area contributed by atoms with Crippen LogP contribution in [0.2, 0.25) is 0 Å². The largest absolute Gasteiger partial charge is 0.300 e. The normalized spacial score (nSPS) is 16.6. The van der Waals surface area contributed by atoms with Crippen molar-refractivity contribution in [2.45, 2.75) is 12.6 Å². The van der Waals surface area contributed by atoms with Crippen molar-refractivity contribution in [1.82, 2.24) is 5.43 Å². The lowest BCUT2D eigenvalue weighted by Crippen LogP contribution is -2.42. The maximum atomic E-state index is 9.34. The molecule has 2 aromatic rings. The zero-order chi connectivity index (χ0) is 15.4. The van der Waals surface area contributed by atoms with E-state index in [2.05, 4.69) is 28.7 Å². The molecule has 1 heterocycles. The third-order valence-electron chi connectivity index (χ3n) is 3.50. The van der Waals surface area contributed by atoms with Gasteiger partial charge in [0.25, 0.3) is 0 Å². The minimum atomic E-state index is -0.219. The molecule has 0 bridgehead atoms. The number of para-hydroxylation sites is 1. The Hall–Kier alpha value is -2.71. The molecule has 0 spiro atoms. The van der Waals surface area contributed by atoms with E-state index in [0.717, 1.165) is 17.1 Å². The van der Waals surface area contributed by atoms with E-state index in [-0.39, 0.29) is 6.17 Å². The highest BCUT2D eigenvalue weighted by molar-refractivity contribution is 7.79. The van der Waals surface area contributed by atoms with Crippen LogP contribution in [0.3, 0.4) is 0 Å². The molecule has 0 amide bonds. The Kier molecular flexibility index (Phi) is 4.12. The molecule has 1 unspecified atom stereocenters. The number of amidine groups is 1. The van der Waals surface area contributed by atoms with Crippen LogP contribution in [0, 0.1) is 11.3 Å². The number of hydrazone groups is 1. The van der Waals surface area contributed by atoms with Crippen LogP contribution < -0.4 is 10.3 Å². The van der Waals surface area contributed by atoms with E-state index in [4.69, 9.17) is 12.2 Å². The van der Waals surface area contributed by atoms with E-state index < -0.39 is 0 Å². The highest BCUT2D eigenvalue weighted by Gasteiger charge is 2.28. The molecule has 1 N–H and O–H groups in total. The first-order valence-electron chi connectivity index (χ1n) is 6.93. The minimum absolute atomic E-state index is 0.219. The van der Waals surface area contributed by atoms with Gasteiger partial charge in [-0.2, -0.15) is 10.4 Å². The summed E-state index contributed by atoms with van der Waals surface area (Å²) < 4.78 is 0. The zero-order valence-corrected chi connectivity index (χ0v) is 12.6. The van der Waals surface area contributed by atoms with Crippen LogP contribution in [0.5, 0.6) is 0 Å². The van der Waals surface area contributed by atoms with Gasteiger partial charge >= 0.3 is 0 Å². The predicted octanol–water partition coefficient (Wildman–Crippen LogP) is 2.85. The number of nitrogens with one attached hydrogen (secondary N) is 1. The van der Waals surface area contributed by atoms with Crippen LogP contribution in [-0.4, -0.2) is 17.4 Å². The summed E-state index contributed by atoms with van der Waals surface area (Å²) in [5.74, 6) is 0.847. The van der Waals surface area contributed by atoms with Crippen LogP contribution >= 0.6 is 12.2 Å². The van der Waals surface area contributed by atoms with Crippen LogP contribution in [0.15, 0.2) is 59.7 Å². The summed E-state index contributed by atoms with van der Waals surface area (Å²) in [5.41, 5.74) is 5.60. The van der Waals surface area contributed by atoms with Gasteiger partial charge in [0.05, 0.1) is 11.3 Å². The standard InChI is InChI=1S/C17H14N4S/c18-11-14-8-4-5-9-15(14)21-16(19-20-17(21)12-22)10-13-6-2-1-3-7-13/h1-9,12,17,20H,10H2. The Labute approximate surface area is 134 Å². The van der Waals surface area contributed by atoms with Crippen LogP contribution in [0.4, 0.5) is 5.69 Å². The molecule has 3 rings (SSSR count). The Bertz CT molecular complexity index is 749. The van der Waals surface area contributed by atoms with Gasteiger partial charge in [0, 0.05) is 11.8 Å². The SMILES string of the molecule is N#Cc1ccccc1N1C(Cc2ccccc2)=NNC1C=S. The Morgan fingerprint density at radius 2 is 1.91 bits per heavy atom. The average Bonchev–Trinajstić information content (AvgIpc) is 2.98. The summed E-state index contributed by atoms with van der Waals surface area (Å²) in [6.45, 7) is 0. The molecule has 0 aromatic heterocycles. The molecule has 1 aliphatic rings. The Morgan fingerprint density at radius 1 is 1.18 bits per heavy atom. The fourth-order valence-corrected chi connectivity index (χ4v) is 2.66. The Morgan fingerprint density at radius 3 is 2.64 bits per heavy atom. The maximum Gasteiger partial charge on any atom is 0.150 e. The lowest BCUT2D eigenvalue weighted by molar-refractivity contribution is 0.733. The van der Waals surface area contributed by atoms with Gasteiger partial charge in [-0.15, -0.1) is 0 Å². The molecule has 0 saturated carbocycles. The molecule has 0 fully saturated rings. The highest BCUT2D eigenvalue weighted by Crippen LogP contribution is 2.25. The number of benzene rings is 2. The Balaban J connectivity index is 1.96. The summed E-state index contributed by atoms with van der Waals surface area (Å²) in [6, 6.07) is 19.8. The van der Waals surface area contributed by atoms with Gasteiger partial charge in [0.15, 0.2) is 0 Å². The predicted molar refractivity (Wildman–Crippen MR) is 91.8 cm³/mol. The van der Waals surface area contributed by atoms with E-state index in [0.29, 0.717) is 12.0 Å². The van der Waals surface area contributed by atoms with Gasteiger partial charge in [-0.3, -0.25) is 5.43 Å². The molecule has 0 aliphatic carbocycles. The van der Waals surface area contributed by atoms with E-state index in [9.17, 15) is 5.26 Å². The topological polar surface area (TPSA) is 51.4 Å². The summed E-state index contributed by atoms with van der Waals surface area (Å²) in [4.78, 5) is 1.98. The number of nitriles is 1. The van der Waals surface area contributed by atoms with Gasteiger partial charge in [-0.05, 0) is 17.7 Å². The fourth-order valence-electron chi connectivity index (χ4n) is 2.47. The molecule has 108 valence electrons. The van der Waals surface area contributed by atoms with Crippen molar-refractivity contribution in [3.05, 3.63) is 65.7 Å². The summed E-state index contributed by atoms with van der Waals surface area (Å²) >= 11 is 5.10. The maximum absolute atomic E-state index is 9.34. The molecule has 1 atom stereocenters. The van der Waals surface area contributed by atoms with Crippen molar-refractivity contribution in [3.63, 3.8) is 0 Å². The molecule has 5 heteroatoms. The number of thiocarbonyl (C=S) groups is 1. The van der Waals surface area contributed by atoms with Crippen LogP contribution in [0.1, 0.15) is 11.1 Å².